The van der Waals surface area contributed by atoms with E-state index in [-0.39, 0.29) is 5.91 Å². The van der Waals surface area contributed by atoms with Gasteiger partial charge in [0.2, 0.25) is 5.91 Å². The number of para-hydroxylation sites is 1. The number of aryl methyl sites for hydroxylation is 2. The summed E-state index contributed by atoms with van der Waals surface area (Å²) in [6.45, 7) is 11.6. The summed E-state index contributed by atoms with van der Waals surface area (Å²) in [6, 6.07) is 10.8. The van der Waals surface area contributed by atoms with Crippen LogP contribution in [0.15, 0.2) is 42.7 Å². The smallest absolute Gasteiger partial charge is 0.238 e. The number of pyridine rings is 1. The van der Waals surface area contributed by atoms with Crippen molar-refractivity contribution in [2.75, 3.05) is 38.5 Å². The van der Waals surface area contributed by atoms with Gasteiger partial charge in [0.1, 0.15) is 0 Å². The molecule has 0 unspecified atom stereocenters. The van der Waals surface area contributed by atoms with E-state index in [1.807, 2.05) is 50.5 Å². The third kappa shape index (κ3) is 6.94. The summed E-state index contributed by atoms with van der Waals surface area (Å²) >= 11 is 0. The number of anilines is 1. The highest BCUT2D eigenvalue weighted by atomic mass is 16.2. The van der Waals surface area contributed by atoms with Crippen molar-refractivity contribution in [2.45, 2.75) is 46.6 Å². The molecule has 1 N–H and O–H groups in total. The van der Waals surface area contributed by atoms with Gasteiger partial charge in [-0.1, -0.05) is 38.1 Å². The van der Waals surface area contributed by atoms with Gasteiger partial charge >= 0.3 is 0 Å². The molecule has 0 aliphatic carbocycles. The highest BCUT2D eigenvalue weighted by Gasteiger charge is 2.22. The monoisotopic (exact) mass is 396 g/mol. The standard InChI is InChI=1S/C14H22N2O.C10H14N2/c1-5-16(6-2)10-13(17)15-14-11(3)8-7-9-12(14)4;1-12-7-3-5-10(12)9-4-2-6-11-8-9/h7-9H,5-6,10H2,1-4H3,(H,15,17);2,4,6,8,10H,3,5,7H2,1H3/t;10-/m.0/s1. The van der Waals surface area contributed by atoms with Crippen molar-refractivity contribution in [1.82, 2.24) is 14.8 Å². The van der Waals surface area contributed by atoms with Gasteiger partial charge in [-0.2, -0.15) is 0 Å². The van der Waals surface area contributed by atoms with E-state index in [9.17, 15) is 4.79 Å². The fourth-order valence-electron chi connectivity index (χ4n) is 3.75. The van der Waals surface area contributed by atoms with E-state index in [1.54, 1.807) is 0 Å². The maximum absolute atomic E-state index is 11.9. The molecule has 1 amide bonds. The van der Waals surface area contributed by atoms with Crippen molar-refractivity contribution in [2.24, 2.45) is 0 Å². The summed E-state index contributed by atoms with van der Waals surface area (Å²) in [6.07, 6.45) is 6.41. The number of carbonyl (C=O) groups is 1. The lowest BCUT2D eigenvalue weighted by atomic mass is 10.1. The average Bonchev–Trinajstić information content (AvgIpc) is 3.16. The van der Waals surface area contributed by atoms with Crippen LogP contribution in [-0.2, 0) is 4.79 Å². The van der Waals surface area contributed by atoms with Crippen molar-refractivity contribution in [3.8, 4) is 0 Å². The number of carbonyl (C=O) groups excluding carboxylic acids is 1. The van der Waals surface area contributed by atoms with Gasteiger partial charge in [-0.15, -0.1) is 0 Å². The minimum atomic E-state index is 0.0612. The Kier molecular flexibility index (Phi) is 9.29. The topological polar surface area (TPSA) is 48.5 Å². The maximum atomic E-state index is 11.9. The molecule has 5 heteroatoms. The maximum Gasteiger partial charge on any atom is 0.238 e. The van der Waals surface area contributed by atoms with Gasteiger partial charge in [-0.05, 0) is 76.1 Å². The Bertz CT molecular complexity index is 738. The van der Waals surface area contributed by atoms with E-state index < -0.39 is 0 Å². The Morgan fingerprint density at radius 3 is 2.38 bits per heavy atom. The fourth-order valence-corrected chi connectivity index (χ4v) is 3.75. The predicted octanol–water partition coefficient (Wildman–Crippen LogP) is 4.43. The lowest BCUT2D eigenvalue weighted by Crippen LogP contribution is -2.33. The molecule has 3 rings (SSSR count). The highest BCUT2D eigenvalue weighted by molar-refractivity contribution is 5.93. The van der Waals surface area contributed by atoms with Crippen LogP contribution < -0.4 is 5.32 Å². The van der Waals surface area contributed by atoms with E-state index in [1.165, 1.54) is 24.9 Å². The Hall–Kier alpha value is -2.24. The first-order valence-corrected chi connectivity index (χ1v) is 10.6. The Balaban J connectivity index is 0.000000218. The molecule has 2 heterocycles. The first kappa shape index (κ1) is 23.0. The Morgan fingerprint density at radius 2 is 1.86 bits per heavy atom. The number of aromatic nitrogens is 1. The molecule has 2 aromatic rings. The zero-order valence-electron chi connectivity index (χ0n) is 18.6. The van der Waals surface area contributed by atoms with Crippen LogP contribution in [0.5, 0.6) is 0 Å². The van der Waals surface area contributed by atoms with Crippen molar-refractivity contribution < 1.29 is 4.79 Å². The number of nitrogens with one attached hydrogen (secondary N) is 1. The van der Waals surface area contributed by atoms with Gasteiger partial charge in [0, 0.05) is 24.1 Å². The second-order valence-electron chi connectivity index (χ2n) is 7.70. The summed E-state index contributed by atoms with van der Waals surface area (Å²) < 4.78 is 0. The number of nitrogens with zero attached hydrogens (tertiary/aromatic N) is 3. The molecule has 0 spiro atoms. The van der Waals surface area contributed by atoms with Gasteiger partial charge in [-0.3, -0.25) is 19.6 Å². The van der Waals surface area contributed by atoms with Crippen molar-refractivity contribution >= 4 is 11.6 Å². The van der Waals surface area contributed by atoms with E-state index in [2.05, 4.69) is 47.1 Å². The summed E-state index contributed by atoms with van der Waals surface area (Å²) in [5.41, 5.74) is 4.53. The van der Waals surface area contributed by atoms with Crippen LogP contribution in [0.25, 0.3) is 0 Å². The lowest BCUT2D eigenvalue weighted by molar-refractivity contribution is -0.117. The van der Waals surface area contributed by atoms with E-state index >= 15 is 0 Å². The van der Waals surface area contributed by atoms with E-state index in [0.29, 0.717) is 12.6 Å². The fraction of sp³-hybridized carbons (Fsp3) is 0.500. The van der Waals surface area contributed by atoms with Gasteiger partial charge in [0.15, 0.2) is 0 Å². The summed E-state index contributed by atoms with van der Waals surface area (Å²) in [7, 11) is 2.19. The molecule has 0 saturated carbocycles. The number of hydrogen-bond donors (Lipinski definition) is 1. The van der Waals surface area contributed by atoms with Gasteiger partial charge in [-0.25, -0.2) is 0 Å². The van der Waals surface area contributed by atoms with Gasteiger partial charge < -0.3 is 5.32 Å². The van der Waals surface area contributed by atoms with Crippen LogP contribution in [0.4, 0.5) is 5.69 Å². The second-order valence-corrected chi connectivity index (χ2v) is 7.70. The van der Waals surface area contributed by atoms with Gasteiger partial charge in [0.05, 0.1) is 6.54 Å². The molecule has 5 nitrogen and oxygen atoms in total. The molecule has 1 fully saturated rings. The van der Waals surface area contributed by atoms with E-state index in [0.717, 1.165) is 29.9 Å². The first-order chi connectivity index (χ1) is 14.0. The Labute approximate surface area is 176 Å². The second kappa shape index (κ2) is 11.7. The van der Waals surface area contributed by atoms with E-state index in [4.69, 9.17) is 0 Å². The Morgan fingerprint density at radius 1 is 1.17 bits per heavy atom. The largest absolute Gasteiger partial charge is 0.324 e. The molecule has 1 aliphatic heterocycles. The number of amides is 1. The predicted molar refractivity (Wildman–Crippen MR) is 121 cm³/mol. The molecule has 0 radical (unpaired) electrons. The zero-order valence-corrected chi connectivity index (χ0v) is 18.6. The molecule has 1 aromatic carbocycles. The number of likely N-dealkylation sites (tertiary alicyclic amines) is 1. The van der Waals surface area contributed by atoms with Crippen LogP contribution in [0.3, 0.4) is 0 Å². The first-order valence-electron chi connectivity index (χ1n) is 10.6. The van der Waals surface area contributed by atoms with Crippen LogP contribution in [0, 0.1) is 13.8 Å². The SMILES string of the molecule is CCN(CC)CC(=O)Nc1c(C)cccc1C.CN1CCC[C@H]1c1cccnc1. The number of rotatable bonds is 6. The third-order valence-electron chi connectivity index (χ3n) is 5.60. The molecule has 1 saturated heterocycles. The van der Waals surface area contributed by atoms with Crippen molar-refractivity contribution in [1.29, 1.82) is 0 Å². The number of hydrogen-bond acceptors (Lipinski definition) is 4. The molecule has 0 bridgehead atoms. The van der Waals surface area contributed by atoms with Crippen LogP contribution in [-0.4, -0.2) is 53.9 Å². The van der Waals surface area contributed by atoms with Crippen LogP contribution in [0.2, 0.25) is 0 Å². The van der Waals surface area contributed by atoms with Crippen LogP contribution in [0.1, 0.15) is 49.4 Å². The molecular weight excluding hydrogens is 360 g/mol. The molecule has 1 aliphatic rings. The van der Waals surface area contributed by atoms with Gasteiger partial charge in [0.25, 0.3) is 0 Å². The molecular formula is C24H36N4O. The molecule has 1 aromatic heterocycles. The quantitative estimate of drug-likeness (QED) is 0.785. The molecule has 1 atom stereocenters. The van der Waals surface area contributed by atoms with Crippen LogP contribution >= 0.6 is 0 Å². The summed E-state index contributed by atoms with van der Waals surface area (Å²) in [5.74, 6) is 0.0612. The summed E-state index contributed by atoms with van der Waals surface area (Å²) in [5, 5.41) is 3.00. The number of likely N-dealkylation sites (N-methyl/N-ethyl adjacent to an activating group) is 1. The summed E-state index contributed by atoms with van der Waals surface area (Å²) in [4.78, 5) is 20.5. The molecule has 29 heavy (non-hydrogen) atoms. The lowest BCUT2D eigenvalue weighted by Gasteiger charge is -2.18. The molecule has 158 valence electrons. The normalized spacial score (nSPS) is 16.4. The minimum absolute atomic E-state index is 0.0612. The van der Waals surface area contributed by atoms with Crippen molar-refractivity contribution in [3.05, 3.63) is 59.4 Å². The zero-order chi connectivity index (χ0) is 21.2. The number of benzene rings is 1. The average molecular weight is 397 g/mol. The van der Waals surface area contributed by atoms with Crippen molar-refractivity contribution in [3.63, 3.8) is 0 Å². The minimum Gasteiger partial charge on any atom is -0.324 e. The third-order valence-corrected chi connectivity index (χ3v) is 5.60. The highest BCUT2D eigenvalue weighted by Crippen LogP contribution is 2.29.